The zero-order chi connectivity index (χ0) is 36.2. The van der Waals surface area contributed by atoms with E-state index >= 15 is 0 Å². The minimum absolute atomic E-state index is 0.0278. The zero-order valence-corrected chi connectivity index (χ0v) is 30.8. The number of unbranched alkanes of at least 4 members (excludes halogenated alkanes) is 2. The molecule has 1 rings (SSSR count). The number of rotatable bonds is 19. The van der Waals surface area contributed by atoms with Crippen molar-refractivity contribution in [3.05, 3.63) is 12.2 Å². The van der Waals surface area contributed by atoms with Crippen molar-refractivity contribution < 1.29 is 38.2 Å². The molecule has 47 heavy (non-hydrogen) atoms. The molecule has 1 aliphatic heterocycles. The Morgan fingerprint density at radius 2 is 1.47 bits per heavy atom. The Hall–Kier alpha value is -3.28. The Morgan fingerprint density at radius 3 is 1.94 bits per heavy atom. The van der Waals surface area contributed by atoms with Crippen LogP contribution in [0.25, 0.3) is 0 Å². The smallest absolute Gasteiger partial charge is 0.309 e. The van der Waals surface area contributed by atoms with E-state index in [0.717, 1.165) is 6.42 Å². The van der Waals surface area contributed by atoms with Gasteiger partial charge in [-0.05, 0) is 51.4 Å². The molecule has 12 nitrogen and oxygen atoms in total. The molecule has 0 aromatic heterocycles. The van der Waals surface area contributed by atoms with Crippen molar-refractivity contribution in [1.82, 2.24) is 20.0 Å². The summed E-state index contributed by atoms with van der Waals surface area (Å²) in [7, 11) is 4.78. The number of ether oxygens (including phenoxy) is 2. The molecule has 0 spiro atoms. The lowest BCUT2D eigenvalue weighted by atomic mass is 9.90. The highest BCUT2D eigenvalue weighted by molar-refractivity contribution is 6.12. The van der Waals surface area contributed by atoms with E-state index in [0.29, 0.717) is 25.8 Å². The van der Waals surface area contributed by atoms with Crippen LogP contribution in [0.2, 0.25) is 0 Å². The second-order valence-electron chi connectivity index (χ2n) is 14.3. The number of carbonyl (C=O) groups excluding carboxylic acids is 6. The molecule has 1 heterocycles. The first-order valence-corrected chi connectivity index (χ1v) is 16.9. The van der Waals surface area contributed by atoms with Gasteiger partial charge >= 0.3 is 5.97 Å². The Morgan fingerprint density at radius 1 is 0.894 bits per heavy atom. The van der Waals surface area contributed by atoms with Crippen LogP contribution in [0, 0.1) is 17.8 Å². The maximum Gasteiger partial charge on any atom is 0.309 e. The Balaban J connectivity index is 3.00. The molecular weight excluding hydrogens is 604 g/mol. The molecule has 0 unspecified atom stereocenters. The maximum absolute atomic E-state index is 14.1. The summed E-state index contributed by atoms with van der Waals surface area (Å²) in [6.07, 6.45) is 4.52. The summed E-state index contributed by atoms with van der Waals surface area (Å²) in [6, 6.07) is -2.16. The van der Waals surface area contributed by atoms with Crippen LogP contribution in [-0.4, -0.2) is 108 Å². The van der Waals surface area contributed by atoms with Crippen LogP contribution < -0.4 is 5.32 Å². The average Bonchev–Trinajstić information content (AvgIpc) is 3.29. The van der Waals surface area contributed by atoms with Crippen molar-refractivity contribution >= 4 is 35.5 Å². The van der Waals surface area contributed by atoms with Gasteiger partial charge in [-0.3, -0.25) is 33.7 Å². The molecule has 12 heteroatoms. The zero-order valence-electron chi connectivity index (χ0n) is 30.8. The lowest BCUT2D eigenvalue weighted by molar-refractivity contribution is -0.161. The standard InChI is InChI=1S/C35H60N4O8/c1-13-24(6)32(25(46-12)21-29(43)47-35(7,8)9)38(11)34(45)30(22(2)3)36-33(44)31(23(4)5)37(10)26(40)17-15-14-16-20-39-27(41)18-19-28(39)42/h18-19,22-25,30-32H,13-17,20-21H2,1-12H3,(H,36,44)/t24-,25+,30-,31-,32-/m0/s1. The number of nitrogens with one attached hydrogen (secondary N) is 1. The molecule has 0 aromatic carbocycles. The third kappa shape index (κ3) is 12.7. The predicted molar refractivity (Wildman–Crippen MR) is 180 cm³/mol. The molecule has 0 aromatic rings. The van der Waals surface area contributed by atoms with Crippen LogP contribution >= 0.6 is 0 Å². The maximum atomic E-state index is 14.1. The number of esters is 1. The van der Waals surface area contributed by atoms with Gasteiger partial charge in [0.05, 0.1) is 18.6 Å². The molecule has 5 amide bonds. The van der Waals surface area contributed by atoms with Crippen LogP contribution in [0.3, 0.4) is 0 Å². The lowest BCUT2D eigenvalue weighted by Crippen LogP contribution is -2.60. The fourth-order valence-corrected chi connectivity index (χ4v) is 5.88. The lowest BCUT2D eigenvalue weighted by Gasteiger charge is -2.40. The summed E-state index contributed by atoms with van der Waals surface area (Å²) in [5.74, 6) is -2.54. The van der Waals surface area contributed by atoms with Gasteiger partial charge in [0, 0.05) is 46.3 Å². The molecule has 0 bridgehead atoms. The van der Waals surface area contributed by atoms with E-state index in [1.807, 2.05) is 41.5 Å². The minimum atomic E-state index is -0.881. The number of amides is 5. The molecule has 5 atom stereocenters. The second-order valence-corrected chi connectivity index (χ2v) is 14.3. The van der Waals surface area contributed by atoms with E-state index in [1.165, 1.54) is 29.1 Å². The Labute approximate surface area is 281 Å². The molecule has 268 valence electrons. The normalized spacial score (nSPS) is 16.6. The number of likely N-dealkylation sites (N-methyl/N-ethyl adjacent to an activating group) is 2. The fourth-order valence-electron chi connectivity index (χ4n) is 5.88. The summed E-state index contributed by atoms with van der Waals surface area (Å²) in [4.78, 5) is 81.3. The topological polar surface area (TPSA) is 143 Å². The minimum Gasteiger partial charge on any atom is -0.460 e. The third-order valence-corrected chi connectivity index (χ3v) is 8.61. The average molecular weight is 665 g/mol. The molecule has 0 aliphatic carbocycles. The van der Waals surface area contributed by atoms with Crippen LogP contribution in [-0.2, 0) is 38.2 Å². The number of methoxy groups -OCH3 is 1. The van der Waals surface area contributed by atoms with Crippen molar-refractivity contribution in [2.75, 3.05) is 27.7 Å². The van der Waals surface area contributed by atoms with Gasteiger partial charge in [0.1, 0.15) is 17.7 Å². The van der Waals surface area contributed by atoms with Crippen molar-refractivity contribution in [1.29, 1.82) is 0 Å². The fraction of sp³-hybridized carbons (Fsp3) is 0.771. The van der Waals surface area contributed by atoms with Crippen LogP contribution in [0.15, 0.2) is 12.2 Å². The molecular formula is C35H60N4O8. The van der Waals surface area contributed by atoms with Gasteiger partial charge in [-0.2, -0.15) is 0 Å². The first kappa shape index (κ1) is 41.7. The number of carbonyl (C=O) groups is 6. The SMILES string of the molecule is CC[C@H](C)[C@@H]([C@@H](CC(=O)OC(C)(C)C)OC)N(C)C(=O)[C@@H](NC(=O)[C@H](C(C)C)N(C)C(=O)CCCCCN1C(=O)C=CC1=O)C(C)C. The van der Waals surface area contributed by atoms with Gasteiger partial charge in [0.2, 0.25) is 17.7 Å². The van der Waals surface area contributed by atoms with Gasteiger partial charge < -0.3 is 24.6 Å². The first-order chi connectivity index (χ1) is 21.8. The van der Waals surface area contributed by atoms with Gasteiger partial charge in [-0.25, -0.2) is 0 Å². The largest absolute Gasteiger partial charge is 0.460 e. The summed E-state index contributed by atoms with van der Waals surface area (Å²) in [6.45, 7) is 17.1. The first-order valence-electron chi connectivity index (χ1n) is 16.9. The van der Waals surface area contributed by atoms with Gasteiger partial charge in [0.15, 0.2) is 0 Å². The molecule has 0 saturated heterocycles. The Bertz CT molecular complexity index is 1110. The number of hydrogen-bond donors (Lipinski definition) is 1. The Kier molecular flexibility index (Phi) is 16.8. The van der Waals surface area contributed by atoms with E-state index in [1.54, 1.807) is 39.8 Å². The van der Waals surface area contributed by atoms with Crippen LogP contribution in [0.4, 0.5) is 0 Å². The van der Waals surface area contributed by atoms with Crippen molar-refractivity contribution in [3.63, 3.8) is 0 Å². The number of nitrogens with zero attached hydrogens (tertiary/aromatic N) is 3. The van der Waals surface area contributed by atoms with E-state index in [4.69, 9.17) is 9.47 Å². The quantitative estimate of drug-likeness (QED) is 0.125. The highest BCUT2D eigenvalue weighted by Gasteiger charge is 2.40. The second kappa shape index (κ2) is 18.9. The predicted octanol–water partition coefficient (Wildman–Crippen LogP) is 3.72. The molecule has 1 aliphatic rings. The van der Waals surface area contributed by atoms with Gasteiger partial charge in [-0.1, -0.05) is 54.4 Å². The van der Waals surface area contributed by atoms with E-state index < -0.39 is 41.7 Å². The van der Waals surface area contributed by atoms with E-state index in [9.17, 15) is 28.8 Å². The molecule has 1 N–H and O–H groups in total. The molecule has 0 saturated carbocycles. The highest BCUT2D eigenvalue weighted by atomic mass is 16.6. The van der Waals surface area contributed by atoms with E-state index in [-0.39, 0.29) is 54.2 Å². The van der Waals surface area contributed by atoms with Crippen molar-refractivity contribution in [3.8, 4) is 0 Å². The van der Waals surface area contributed by atoms with E-state index in [2.05, 4.69) is 5.32 Å². The number of imide groups is 1. The van der Waals surface area contributed by atoms with Crippen LogP contribution in [0.5, 0.6) is 0 Å². The summed E-state index contributed by atoms with van der Waals surface area (Å²) < 4.78 is 11.3. The summed E-state index contributed by atoms with van der Waals surface area (Å²) in [5.41, 5.74) is -0.661. The van der Waals surface area contributed by atoms with Gasteiger partial charge in [0.25, 0.3) is 11.8 Å². The van der Waals surface area contributed by atoms with Crippen molar-refractivity contribution in [2.45, 2.75) is 131 Å². The van der Waals surface area contributed by atoms with Crippen LogP contribution in [0.1, 0.15) is 101 Å². The monoisotopic (exact) mass is 664 g/mol. The number of hydrogen-bond acceptors (Lipinski definition) is 8. The van der Waals surface area contributed by atoms with Crippen molar-refractivity contribution in [2.24, 2.45) is 17.8 Å². The molecule has 0 radical (unpaired) electrons. The van der Waals surface area contributed by atoms with Gasteiger partial charge in [-0.15, -0.1) is 0 Å². The highest BCUT2D eigenvalue weighted by Crippen LogP contribution is 2.25. The summed E-state index contributed by atoms with van der Waals surface area (Å²) >= 11 is 0. The molecule has 0 fully saturated rings. The summed E-state index contributed by atoms with van der Waals surface area (Å²) in [5, 5.41) is 2.94. The third-order valence-electron chi connectivity index (χ3n) is 8.61.